The van der Waals surface area contributed by atoms with Crippen molar-refractivity contribution in [3.63, 3.8) is 0 Å². The number of benzene rings is 4. The highest BCUT2D eigenvalue weighted by molar-refractivity contribution is 5.76. The molecule has 0 saturated carbocycles. The number of carbonyl (C=O) groups excluding carboxylic acids is 4. The Morgan fingerprint density at radius 2 is 1.12 bits per heavy atom. The highest BCUT2D eigenvalue weighted by atomic mass is 16.5. The molecule has 304 valence electrons. The van der Waals surface area contributed by atoms with Crippen molar-refractivity contribution in [2.75, 3.05) is 71.2 Å². The predicted molar refractivity (Wildman–Crippen MR) is 227 cm³/mol. The third-order valence-electron chi connectivity index (χ3n) is 8.79. The van der Waals surface area contributed by atoms with Crippen molar-refractivity contribution in [2.24, 2.45) is 5.73 Å². The first-order chi connectivity index (χ1) is 27.3. The van der Waals surface area contributed by atoms with Gasteiger partial charge >= 0.3 is 0 Å². The minimum absolute atomic E-state index is 0.164. The first-order valence-electron chi connectivity index (χ1n) is 18.7. The van der Waals surface area contributed by atoms with Crippen LogP contribution in [0.2, 0.25) is 0 Å². The van der Waals surface area contributed by atoms with Gasteiger partial charge in [0.05, 0.1) is 14.2 Å². The van der Waals surface area contributed by atoms with Crippen molar-refractivity contribution in [2.45, 2.75) is 45.1 Å². The van der Waals surface area contributed by atoms with E-state index in [-0.39, 0.29) is 11.9 Å². The quantitative estimate of drug-likeness (QED) is 0.103. The van der Waals surface area contributed by atoms with Crippen molar-refractivity contribution in [1.82, 2.24) is 15.1 Å². The maximum atomic E-state index is 12.3. The lowest BCUT2D eigenvalue weighted by atomic mass is 9.97. The van der Waals surface area contributed by atoms with Gasteiger partial charge in [0.15, 0.2) is 0 Å². The standard InChI is InChI=1S/C26H37N3O.2C8H9NO2.CH5N.CH2O/c1-22(25-11-7-4-8-12-25)13-15-28-17-19-29(20-18-28)16-14-26(30)27-23(2)21-24-9-5-3-6-10-24;2*1-11-8-4-2-7(3-5-8)9-6-10;2*1-2/h3-12,22-23H,13-21H2,1-2H3,(H,27,30);2*2-6H,1H3,(H,9,10);2H2,1H3;1H2. The average Bonchev–Trinajstić information content (AvgIpc) is 3.26. The molecule has 56 heavy (non-hydrogen) atoms. The van der Waals surface area contributed by atoms with Crippen LogP contribution in [-0.2, 0) is 25.6 Å². The molecule has 4 aromatic carbocycles. The van der Waals surface area contributed by atoms with E-state index in [1.807, 2.05) is 25.0 Å². The Kier molecular flexibility index (Phi) is 26.6. The number of ether oxygens (including phenoxy) is 2. The number of amides is 3. The van der Waals surface area contributed by atoms with Gasteiger partial charge in [0, 0.05) is 56.6 Å². The van der Waals surface area contributed by atoms with Crippen molar-refractivity contribution in [3.05, 3.63) is 120 Å². The van der Waals surface area contributed by atoms with Gasteiger partial charge in [-0.15, -0.1) is 0 Å². The van der Waals surface area contributed by atoms with E-state index in [1.165, 1.54) is 24.6 Å². The molecule has 1 fully saturated rings. The lowest BCUT2D eigenvalue weighted by Crippen LogP contribution is -2.47. The van der Waals surface area contributed by atoms with Crippen LogP contribution in [0.1, 0.15) is 43.7 Å². The Balaban J connectivity index is 0.000000492. The minimum Gasteiger partial charge on any atom is -0.497 e. The van der Waals surface area contributed by atoms with Crippen LogP contribution in [-0.4, -0.2) is 102 Å². The van der Waals surface area contributed by atoms with Gasteiger partial charge in [-0.2, -0.15) is 0 Å². The van der Waals surface area contributed by atoms with Crippen LogP contribution in [0, 0.1) is 0 Å². The number of hydrogen-bond donors (Lipinski definition) is 4. The highest BCUT2D eigenvalue weighted by Gasteiger charge is 2.18. The lowest BCUT2D eigenvalue weighted by molar-refractivity contribution is -0.122. The fraction of sp³-hybridized carbons (Fsp3) is 0.364. The van der Waals surface area contributed by atoms with E-state index in [0.717, 1.165) is 68.6 Å². The van der Waals surface area contributed by atoms with Crippen LogP contribution in [0.4, 0.5) is 11.4 Å². The number of hydrogen-bond acceptors (Lipinski definition) is 9. The predicted octanol–water partition coefficient (Wildman–Crippen LogP) is 5.85. The van der Waals surface area contributed by atoms with Crippen molar-refractivity contribution in [3.8, 4) is 11.5 Å². The van der Waals surface area contributed by atoms with E-state index < -0.39 is 0 Å². The zero-order valence-corrected chi connectivity index (χ0v) is 33.7. The number of carbonyl (C=O) groups is 4. The van der Waals surface area contributed by atoms with Gasteiger partial charge < -0.3 is 45.8 Å². The Bertz CT molecular complexity index is 1520. The number of anilines is 2. The maximum Gasteiger partial charge on any atom is 0.221 e. The summed E-state index contributed by atoms with van der Waals surface area (Å²) in [6, 6.07) is 35.5. The number of piperazine rings is 1. The van der Waals surface area contributed by atoms with Gasteiger partial charge in [-0.05, 0) is 98.9 Å². The molecular formula is C44H62N6O6. The molecule has 3 amide bonds. The van der Waals surface area contributed by atoms with Gasteiger partial charge in [-0.1, -0.05) is 67.6 Å². The topological polar surface area (TPSA) is 155 Å². The fourth-order valence-corrected chi connectivity index (χ4v) is 5.70. The molecule has 0 aromatic heterocycles. The van der Waals surface area contributed by atoms with Gasteiger partial charge in [0.1, 0.15) is 18.3 Å². The summed E-state index contributed by atoms with van der Waals surface area (Å²) < 4.78 is 9.86. The van der Waals surface area contributed by atoms with Gasteiger partial charge in [-0.25, -0.2) is 0 Å². The monoisotopic (exact) mass is 770 g/mol. The molecule has 0 bridgehead atoms. The summed E-state index contributed by atoms with van der Waals surface area (Å²) in [6.07, 6.45) is 3.95. The summed E-state index contributed by atoms with van der Waals surface area (Å²) in [5, 5.41) is 8.19. The van der Waals surface area contributed by atoms with Crippen LogP contribution in [0.25, 0.3) is 0 Å². The second-order valence-corrected chi connectivity index (χ2v) is 12.7. The van der Waals surface area contributed by atoms with Crippen molar-refractivity contribution in [1.29, 1.82) is 0 Å². The normalized spacial score (nSPS) is 13.0. The van der Waals surface area contributed by atoms with E-state index in [1.54, 1.807) is 62.8 Å². The van der Waals surface area contributed by atoms with E-state index >= 15 is 0 Å². The molecule has 1 aliphatic heterocycles. The number of methoxy groups -OCH3 is 2. The molecule has 1 aliphatic rings. The molecule has 0 radical (unpaired) electrons. The number of rotatable bonds is 16. The van der Waals surface area contributed by atoms with Crippen molar-refractivity contribution >= 4 is 36.9 Å². The Morgan fingerprint density at radius 1 is 0.696 bits per heavy atom. The number of nitrogens with zero attached hydrogens (tertiary/aromatic N) is 2. The molecule has 2 unspecified atom stereocenters. The van der Waals surface area contributed by atoms with E-state index in [2.05, 4.69) is 87.8 Å². The maximum absolute atomic E-state index is 12.3. The molecule has 5 N–H and O–H groups in total. The summed E-state index contributed by atoms with van der Waals surface area (Å²) >= 11 is 0. The zero-order chi connectivity index (χ0) is 41.4. The van der Waals surface area contributed by atoms with Crippen LogP contribution in [0.3, 0.4) is 0 Å². The number of nitrogens with two attached hydrogens (primary N) is 1. The lowest BCUT2D eigenvalue weighted by Gasteiger charge is -2.35. The van der Waals surface area contributed by atoms with Crippen molar-refractivity contribution < 1.29 is 28.7 Å². The van der Waals surface area contributed by atoms with E-state index in [9.17, 15) is 14.4 Å². The third kappa shape index (κ3) is 20.8. The highest BCUT2D eigenvalue weighted by Crippen LogP contribution is 2.19. The summed E-state index contributed by atoms with van der Waals surface area (Å²) in [6.45, 7) is 12.8. The zero-order valence-electron chi connectivity index (χ0n) is 33.7. The summed E-state index contributed by atoms with van der Waals surface area (Å²) in [5.41, 5.74) is 8.73. The number of nitrogens with one attached hydrogen (secondary N) is 3. The second kappa shape index (κ2) is 30.7. The molecule has 12 heteroatoms. The van der Waals surface area contributed by atoms with Crippen LogP contribution >= 0.6 is 0 Å². The summed E-state index contributed by atoms with van der Waals surface area (Å²) in [4.78, 5) is 45.3. The Hall–Kier alpha value is -5.56. The smallest absolute Gasteiger partial charge is 0.221 e. The minimum atomic E-state index is 0.164. The van der Waals surface area contributed by atoms with E-state index in [0.29, 0.717) is 25.2 Å². The van der Waals surface area contributed by atoms with Gasteiger partial charge in [-0.3, -0.25) is 14.4 Å². The van der Waals surface area contributed by atoms with Gasteiger partial charge in [0.25, 0.3) is 0 Å². The molecule has 0 aliphatic carbocycles. The molecule has 1 saturated heterocycles. The fourth-order valence-electron chi connectivity index (χ4n) is 5.70. The molecule has 4 aromatic rings. The molecule has 5 rings (SSSR count). The van der Waals surface area contributed by atoms with Crippen LogP contribution in [0.5, 0.6) is 11.5 Å². The molecule has 2 atom stereocenters. The molecule has 0 spiro atoms. The van der Waals surface area contributed by atoms with Gasteiger partial charge in [0.2, 0.25) is 18.7 Å². The first-order valence-corrected chi connectivity index (χ1v) is 18.7. The molecular weight excluding hydrogens is 709 g/mol. The average molecular weight is 771 g/mol. The van der Waals surface area contributed by atoms with E-state index in [4.69, 9.17) is 14.3 Å². The summed E-state index contributed by atoms with van der Waals surface area (Å²) in [7, 11) is 4.70. The summed E-state index contributed by atoms with van der Waals surface area (Å²) in [5.74, 6) is 2.33. The van der Waals surface area contributed by atoms with Crippen LogP contribution in [0.15, 0.2) is 109 Å². The Labute approximate surface area is 333 Å². The first kappa shape index (κ1) is 48.5. The third-order valence-corrected chi connectivity index (χ3v) is 8.79. The SMILES string of the molecule is C=O.CC(Cc1ccccc1)NC(=O)CCN1CCN(CCC(C)c2ccccc2)CC1.CN.COc1ccc(NC=O)cc1.COc1ccc(NC=O)cc1. The molecule has 12 nitrogen and oxygen atoms in total. The molecule has 1 heterocycles. The Morgan fingerprint density at radius 3 is 1.55 bits per heavy atom. The largest absolute Gasteiger partial charge is 0.497 e. The second-order valence-electron chi connectivity index (χ2n) is 12.7. The van der Waals surface area contributed by atoms with Crippen LogP contribution < -0.4 is 31.2 Å².